The molecule has 0 bridgehead atoms. The molecule has 7 N–H and O–H groups in total. The highest BCUT2D eigenvalue weighted by atomic mass is 17.2. The van der Waals surface area contributed by atoms with E-state index in [0.29, 0.717) is 60.3 Å². The van der Waals surface area contributed by atoms with Crippen molar-refractivity contribution in [1.82, 2.24) is 5.32 Å². The van der Waals surface area contributed by atoms with Crippen molar-refractivity contribution in [2.45, 2.75) is 102 Å². The zero-order chi connectivity index (χ0) is 44.8. The third-order valence-electron chi connectivity index (χ3n) is 11.2. The Morgan fingerprint density at radius 1 is 0.984 bits per heavy atom. The van der Waals surface area contributed by atoms with Crippen molar-refractivity contribution in [3.63, 3.8) is 0 Å². The number of esters is 1. The molecule has 0 saturated carbocycles. The number of phenols is 1. The summed E-state index contributed by atoms with van der Waals surface area (Å²) in [5.74, 6) is 0.732. The lowest BCUT2D eigenvalue weighted by atomic mass is 9.86. The summed E-state index contributed by atoms with van der Waals surface area (Å²) in [6, 6.07) is 10.5. The number of rotatable bonds is 21. The summed E-state index contributed by atoms with van der Waals surface area (Å²) in [4.78, 5) is 35.8. The quantitative estimate of drug-likeness (QED) is 0.0296. The Morgan fingerprint density at radius 3 is 2.54 bits per heavy atom. The lowest BCUT2D eigenvalue weighted by Crippen LogP contribution is -2.62. The number of ether oxygens (including phenoxy) is 8. The van der Waals surface area contributed by atoms with Gasteiger partial charge < -0.3 is 74.3 Å². The van der Waals surface area contributed by atoms with E-state index in [0.717, 1.165) is 28.0 Å². The van der Waals surface area contributed by atoms with Gasteiger partial charge >= 0.3 is 11.9 Å². The molecular weight excluding hydrogens is 824 g/mol. The molecule has 0 aromatic heterocycles. The molecule has 8 unspecified atom stereocenters. The molecular formula is C45H58N2O16. The summed E-state index contributed by atoms with van der Waals surface area (Å²) in [6.45, 7) is 6.32. The largest absolute Gasteiger partial charge is 0.508 e. The van der Waals surface area contributed by atoms with Crippen LogP contribution in [0.15, 0.2) is 36.4 Å². The Kier molecular flexibility index (Phi) is 15.2. The van der Waals surface area contributed by atoms with Crippen LogP contribution in [0.3, 0.4) is 0 Å². The van der Waals surface area contributed by atoms with E-state index in [9.17, 15) is 24.9 Å². The van der Waals surface area contributed by atoms with Crippen molar-refractivity contribution in [3.8, 4) is 34.5 Å². The first-order chi connectivity index (χ1) is 30.4. The molecule has 18 nitrogen and oxygen atoms in total. The van der Waals surface area contributed by atoms with Crippen LogP contribution >= 0.6 is 0 Å². The van der Waals surface area contributed by atoms with Gasteiger partial charge in [-0.2, -0.15) is 4.89 Å². The molecule has 1 fully saturated rings. The van der Waals surface area contributed by atoms with Crippen LogP contribution in [0.5, 0.6) is 34.5 Å². The predicted octanol–water partition coefficient (Wildman–Crippen LogP) is 3.20. The van der Waals surface area contributed by atoms with Crippen LogP contribution in [0.25, 0.3) is 0 Å². The first-order valence-electron chi connectivity index (χ1n) is 21.4. The molecule has 4 heterocycles. The lowest BCUT2D eigenvalue weighted by molar-refractivity contribution is -0.376. The number of hydrogen-bond acceptors (Lipinski definition) is 17. The van der Waals surface area contributed by atoms with E-state index in [1.54, 1.807) is 25.2 Å². The molecule has 0 radical (unpaired) electrons. The summed E-state index contributed by atoms with van der Waals surface area (Å²) in [7, 11) is 1.73. The number of carbonyl (C=O) groups excluding carboxylic acids is 1. The van der Waals surface area contributed by atoms with Crippen molar-refractivity contribution < 1.29 is 77.7 Å². The monoisotopic (exact) mass is 882 g/mol. The number of carboxylic acid groups (broad SMARTS) is 1. The van der Waals surface area contributed by atoms with Gasteiger partial charge in [0.25, 0.3) is 0 Å². The molecule has 1 saturated heterocycles. The van der Waals surface area contributed by atoms with Gasteiger partial charge in [-0.1, -0.05) is 26.8 Å². The predicted molar refractivity (Wildman–Crippen MR) is 222 cm³/mol. The molecule has 8 atom stereocenters. The fraction of sp³-hybridized carbons (Fsp3) is 0.556. The molecule has 63 heavy (non-hydrogen) atoms. The maximum absolute atomic E-state index is 12.3. The van der Waals surface area contributed by atoms with Gasteiger partial charge in [0.1, 0.15) is 54.7 Å². The van der Waals surface area contributed by atoms with Crippen molar-refractivity contribution >= 4 is 11.9 Å². The number of carboxylic acids is 1. The van der Waals surface area contributed by atoms with Gasteiger partial charge in [0, 0.05) is 54.5 Å². The second-order valence-electron chi connectivity index (χ2n) is 16.6. The Balaban J connectivity index is 1.23. The van der Waals surface area contributed by atoms with E-state index in [1.807, 2.05) is 25.1 Å². The van der Waals surface area contributed by atoms with E-state index in [4.69, 9.17) is 58.5 Å². The minimum atomic E-state index is -1.54. The number of aromatic hydroxyl groups is 1. The number of aryl methyl sites for hydroxylation is 1. The van der Waals surface area contributed by atoms with Crippen molar-refractivity contribution in [1.29, 1.82) is 0 Å². The number of aliphatic carboxylic acids is 1. The van der Waals surface area contributed by atoms with Gasteiger partial charge in [-0.05, 0) is 73.7 Å². The fourth-order valence-electron chi connectivity index (χ4n) is 8.34. The fourth-order valence-corrected chi connectivity index (χ4v) is 8.34. The van der Waals surface area contributed by atoms with Gasteiger partial charge in [-0.3, -0.25) is 9.59 Å². The minimum absolute atomic E-state index is 0.0169. The summed E-state index contributed by atoms with van der Waals surface area (Å²) in [5.41, 5.74) is 11.2. The Morgan fingerprint density at radius 2 is 1.79 bits per heavy atom. The number of hydrogen-bond donors (Lipinski definition) is 6. The number of nitrogens with two attached hydrogens (primary N) is 1. The number of aliphatic hydroxyl groups excluding tert-OH is 2. The van der Waals surface area contributed by atoms with Crippen LogP contribution in [-0.2, 0) is 52.7 Å². The number of likely N-dealkylation sites (N-methyl/N-ethyl adjacent to an activating group) is 1. The number of nitrogens with one attached hydrogen (secondary N) is 1. The average molecular weight is 883 g/mol. The highest BCUT2D eigenvalue weighted by Gasteiger charge is 2.50. The van der Waals surface area contributed by atoms with Crippen LogP contribution in [0, 0.1) is 5.92 Å². The molecule has 4 aliphatic rings. The summed E-state index contributed by atoms with van der Waals surface area (Å²) < 4.78 is 48.6. The van der Waals surface area contributed by atoms with E-state index in [1.165, 1.54) is 0 Å². The number of fused-ring (bicyclic) bond motifs is 6. The lowest BCUT2D eigenvalue weighted by Gasteiger charge is -2.43. The minimum Gasteiger partial charge on any atom is -0.508 e. The van der Waals surface area contributed by atoms with Gasteiger partial charge in [0.2, 0.25) is 6.79 Å². The van der Waals surface area contributed by atoms with Crippen LogP contribution in [0.4, 0.5) is 0 Å². The highest BCUT2D eigenvalue weighted by Crippen LogP contribution is 2.57. The summed E-state index contributed by atoms with van der Waals surface area (Å²) >= 11 is 0. The molecule has 4 aliphatic heterocycles. The van der Waals surface area contributed by atoms with E-state index >= 15 is 0 Å². The number of phenolic OH excluding ortho intramolecular Hbond substituents is 1. The summed E-state index contributed by atoms with van der Waals surface area (Å²) in [5, 5.41) is 44.1. The van der Waals surface area contributed by atoms with Gasteiger partial charge in [-0.15, -0.1) is 0 Å². The standard InChI is InChI=1S/C45H58N2O16/c1-5-24-10-25(13-28(49)12-24)11-26-14-34-30(41-32(20-55-34)29-15-35-42(59-22-58-35)31(9-23(2)3)40(29)61-41)16-33(26)62-63-44-39(53)43(54-8-6-7-48)36(21-56-38(52)17-37(50)51)60-45(44)57-19-27(46)18-47-4/h10,12-16,23,27,32,36,39,41,43-45,47-49,53H,5-9,11,17-22,46H2,1-4H3,(H,50,51). The zero-order valence-corrected chi connectivity index (χ0v) is 35.9. The third-order valence-corrected chi connectivity index (χ3v) is 11.2. The van der Waals surface area contributed by atoms with E-state index in [2.05, 4.69) is 19.2 Å². The molecule has 0 spiro atoms. The molecule has 3 aromatic carbocycles. The number of carbonyl (C=O) groups is 2. The maximum Gasteiger partial charge on any atom is 0.317 e. The average Bonchev–Trinajstić information content (AvgIpc) is 3.87. The van der Waals surface area contributed by atoms with Gasteiger partial charge in [-0.25, -0.2) is 0 Å². The van der Waals surface area contributed by atoms with Crippen molar-refractivity contribution in [3.05, 3.63) is 69.8 Å². The van der Waals surface area contributed by atoms with Crippen LogP contribution in [0.1, 0.15) is 79.0 Å². The molecule has 7 rings (SSSR count). The van der Waals surface area contributed by atoms with Crippen LogP contribution < -0.4 is 34.9 Å². The maximum atomic E-state index is 12.3. The Labute approximate surface area is 365 Å². The van der Waals surface area contributed by atoms with Gasteiger partial charge in [0.15, 0.2) is 29.6 Å². The molecule has 0 aliphatic carbocycles. The highest BCUT2D eigenvalue weighted by molar-refractivity contribution is 5.90. The number of aliphatic hydroxyl groups is 2. The number of benzene rings is 3. The SMILES string of the molecule is CCc1cc(O)cc(Cc2cc3c(cc2OOC2C(OCC(N)CNC)OC(COC(=O)CC(=O)O)C(OCCCO)C2O)C2Oc4c(cc5c(c4CC(C)C)OCO5)C2CO3)c1. The van der Waals surface area contributed by atoms with Crippen LogP contribution in [-0.4, -0.2) is 123 Å². The van der Waals surface area contributed by atoms with Crippen molar-refractivity contribution in [2.24, 2.45) is 11.7 Å². The normalized spacial score (nSPS) is 23.6. The van der Waals surface area contributed by atoms with Crippen LogP contribution in [0.2, 0.25) is 0 Å². The molecule has 344 valence electrons. The topological polar surface area (TPSA) is 245 Å². The second kappa shape index (κ2) is 20.7. The zero-order valence-electron chi connectivity index (χ0n) is 35.9. The summed E-state index contributed by atoms with van der Waals surface area (Å²) in [6.07, 6.45) is -6.16. The Hall–Kier alpha value is -4.92. The molecule has 0 amide bonds. The first-order valence-corrected chi connectivity index (χ1v) is 21.4. The second-order valence-corrected chi connectivity index (χ2v) is 16.6. The Bertz CT molecular complexity index is 2080. The first kappa shape index (κ1) is 46.1. The molecule has 18 heteroatoms. The van der Waals surface area contributed by atoms with Crippen molar-refractivity contribution in [2.75, 3.05) is 53.4 Å². The smallest absolute Gasteiger partial charge is 0.317 e. The van der Waals surface area contributed by atoms with Gasteiger partial charge in [0.05, 0.1) is 19.1 Å². The molecule has 3 aromatic rings. The third kappa shape index (κ3) is 10.7. The van der Waals surface area contributed by atoms with E-state index < -0.39 is 67.8 Å². The van der Waals surface area contributed by atoms with E-state index in [-0.39, 0.29) is 56.9 Å².